The van der Waals surface area contributed by atoms with Gasteiger partial charge in [0.2, 0.25) is 5.88 Å². The molecule has 0 N–H and O–H groups in total. The SMILES string of the molecule is COc1cc(-c2cnc3ccc(C(F)F)nn23)cc(N2CCC[C@H](C)C2)n1. The van der Waals surface area contributed by atoms with E-state index in [1.807, 2.05) is 6.07 Å². The fourth-order valence-electron chi connectivity index (χ4n) is 3.50. The minimum Gasteiger partial charge on any atom is -0.481 e. The fourth-order valence-corrected chi connectivity index (χ4v) is 3.50. The Morgan fingerprint density at radius 1 is 1.26 bits per heavy atom. The third-order valence-electron chi connectivity index (χ3n) is 4.88. The van der Waals surface area contributed by atoms with Gasteiger partial charge in [-0.2, -0.15) is 10.1 Å². The van der Waals surface area contributed by atoms with Crippen LogP contribution >= 0.6 is 0 Å². The van der Waals surface area contributed by atoms with Crippen LogP contribution in [-0.2, 0) is 0 Å². The van der Waals surface area contributed by atoms with Gasteiger partial charge >= 0.3 is 0 Å². The summed E-state index contributed by atoms with van der Waals surface area (Å²) in [6, 6.07) is 6.56. The van der Waals surface area contributed by atoms with E-state index in [0.717, 1.165) is 30.9 Å². The zero-order valence-corrected chi connectivity index (χ0v) is 15.3. The van der Waals surface area contributed by atoms with Crippen LogP contribution in [0.15, 0.2) is 30.5 Å². The minimum atomic E-state index is -2.64. The first-order valence-corrected chi connectivity index (χ1v) is 8.99. The number of rotatable bonds is 4. The maximum atomic E-state index is 13.1. The van der Waals surface area contributed by atoms with Crippen molar-refractivity contribution in [2.45, 2.75) is 26.2 Å². The molecule has 4 rings (SSSR count). The van der Waals surface area contributed by atoms with E-state index in [9.17, 15) is 8.78 Å². The standard InChI is InChI=1S/C19H21F2N5O/c1-12-4-3-7-25(11-12)17-8-13(9-18(23-17)27-2)15-10-22-16-6-5-14(19(20)21)24-26(15)16/h5-6,8-10,12,19H,3-4,7,11H2,1-2H3/t12-/m0/s1. The number of anilines is 1. The summed E-state index contributed by atoms with van der Waals surface area (Å²) >= 11 is 0. The second-order valence-electron chi connectivity index (χ2n) is 6.92. The highest BCUT2D eigenvalue weighted by Gasteiger charge is 2.20. The Kier molecular flexibility index (Phi) is 4.63. The number of nitrogens with zero attached hydrogens (tertiary/aromatic N) is 5. The first-order valence-electron chi connectivity index (χ1n) is 8.99. The summed E-state index contributed by atoms with van der Waals surface area (Å²) in [6.45, 7) is 4.10. The molecule has 0 spiro atoms. The number of pyridine rings is 1. The largest absolute Gasteiger partial charge is 0.481 e. The molecule has 0 amide bonds. The summed E-state index contributed by atoms with van der Waals surface area (Å²) in [5, 5.41) is 4.05. The quantitative estimate of drug-likeness (QED) is 0.693. The number of piperidine rings is 1. The van der Waals surface area contributed by atoms with Crippen molar-refractivity contribution >= 4 is 11.5 Å². The highest BCUT2D eigenvalue weighted by Crippen LogP contribution is 2.30. The van der Waals surface area contributed by atoms with Gasteiger partial charge in [-0.3, -0.25) is 0 Å². The first kappa shape index (κ1) is 17.6. The van der Waals surface area contributed by atoms with Gasteiger partial charge in [0.25, 0.3) is 6.43 Å². The van der Waals surface area contributed by atoms with Crippen molar-refractivity contribution in [2.24, 2.45) is 5.92 Å². The van der Waals surface area contributed by atoms with Gasteiger partial charge in [0.05, 0.1) is 19.0 Å². The highest BCUT2D eigenvalue weighted by atomic mass is 19.3. The number of aromatic nitrogens is 4. The third kappa shape index (κ3) is 3.43. The topological polar surface area (TPSA) is 55.6 Å². The second kappa shape index (κ2) is 7.09. The van der Waals surface area contributed by atoms with Crippen molar-refractivity contribution in [2.75, 3.05) is 25.1 Å². The average molecular weight is 373 g/mol. The summed E-state index contributed by atoms with van der Waals surface area (Å²) in [6.07, 6.45) is 1.32. The molecule has 8 heteroatoms. The Hall–Kier alpha value is -2.77. The Morgan fingerprint density at radius 2 is 2.11 bits per heavy atom. The molecule has 0 unspecified atom stereocenters. The van der Waals surface area contributed by atoms with Gasteiger partial charge in [0.15, 0.2) is 5.65 Å². The van der Waals surface area contributed by atoms with Crippen LogP contribution in [-0.4, -0.2) is 39.8 Å². The van der Waals surface area contributed by atoms with E-state index in [1.165, 1.54) is 17.0 Å². The van der Waals surface area contributed by atoms with E-state index in [2.05, 4.69) is 26.9 Å². The molecule has 1 fully saturated rings. The van der Waals surface area contributed by atoms with Crippen LogP contribution in [0.5, 0.6) is 5.88 Å². The monoisotopic (exact) mass is 373 g/mol. The summed E-state index contributed by atoms with van der Waals surface area (Å²) in [5.41, 5.74) is 1.63. The predicted octanol–water partition coefficient (Wildman–Crippen LogP) is 3.97. The van der Waals surface area contributed by atoms with Gasteiger partial charge < -0.3 is 9.64 Å². The molecule has 1 saturated heterocycles. The average Bonchev–Trinajstić information content (AvgIpc) is 3.10. The smallest absolute Gasteiger partial charge is 0.282 e. The molecule has 1 aliphatic rings. The van der Waals surface area contributed by atoms with Crippen LogP contribution in [0.25, 0.3) is 16.9 Å². The Labute approximate surface area is 155 Å². The number of hydrogen-bond acceptors (Lipinski definition) is 5. The molecule has 0 aromatic carbocycles. The van der Waals surface area contributed by atoms with Crippen molar-refractivity contribution < 1.29 is 13.5 Å². The molecular weight excluding hydrogens is 352 g/mol. The number of ether oxygens (including phenoxy) is 1. The Morgan fingerprint density at radius 3 is 2.85 bits per heavy atom. The zero-order chi connectivity index (χ0) is 19.0. The first-order chi connectivity index (χ1) is 13.0. The van der Waals surface area contributed by atoms with Gasteiger partial charge in [-0.15, -0.1) is 0 Å². The molecule has 1 atom stereocenters. The number of alkyl halides is 2. The molecule has 0 aliphatic carbocycles. The van der Waals surface area contributed by atoms with E-state index in [-0.39, 0.29) is 5.69 Å². The molecule has 1 aliphatic heterocycles. The number of imidazole rings is 1. The summed E-state index contributed by atoms with van der Waals surface area (Å²) < 4.78 is 33.0. The van der Waals surface area contributed by atoms with Crippen LogP contribution < -0.4 is 9.64 Å². The van der Waals surface area contributed by atoms with Gasteiger partial charge in [-0.1, -0.05) is 6.92 Å². The highest BCUT2D eigenvalue weighted by molar-refractivity contribution is 5.67. The van der Waals surface area contributed by atoms with Crippen LogP contribution in [0.3, 0.4) is 0 Å². The molecule has 4 heterocycles. The van der Waals surface area contributed by atoms with E-state index >= 15 is 0 Å². The van der Waals surface area contributed by atoms with E-state index in [0.29, 0.717) is 23.1 Å². The molecule has 3 aromatic heterocycles. The van der Waals surface area contributed by atoms with Crippen molar-refractivity contribution in [1.29, 1.82) is 0 Å². The summed E-state index contributed by atoms with van der Waals surface area (Å²) in [5.74, 6) is 1.89. The van der Waals surface area contributed by atoms with Crippen LogP contribution in [0.2, 0.25) is 0 Å². The van der Waals surface area contributed by atoms with Crippen molar-refractivity contribution in [3.05, 3.63) is 36.2 Å². The van der Waals surface area contributed by atoms with Gasteiger partial charge in [0, 0.05) is 24.7 Å². The predicted molar refractivity (Wildman–Crippen MR) is 98.3 cm³/mol. The van der Waals surface area contributed by atoms with E-state index in [1.54, 1.807) is 25.4 Å². The number of fused-ring (bicyclic) bond motifs is 1. The fraction of sp³-hybridized carbons (Fsp3) is 0.421. The number of methoxy groups -OCH3 is 1. The van der Waals surface area contributed by atoms with Crippen LogP contribution in [0, 0.1) is 5.92 Å². The molecule has 27 heavy (non-hydrogen) atoms. The van der Waals surface area contributed by atoms with Crippen molar-refractivity contribution in [3.8, 4) is 17.1 Å². The lowest BCUT2D eigenvalue weighted by molar-refractivity contribution is 0.144. The van der Waals surface area contributed by atoms with Crippen molar-refractivity contribution in [1.82, 2.24) is 19.6 Å². The molecule has 142 valence electrons. The van der Waals surface area contributed by atoms with Crippen LogP contribution in [0.1, 0.15) is 31.9 Å². The van der Waals surface area contributed by atoms with Crippen molar-refractivity contribution in [3.63, 3.8) is 0 Å². The molecule has 3 aromatic rings. The maximum absolute atomic E-state index is 13.1. The van der Waals surface area contributed by atoms with Gasteiger partial charge in [0.1, 0.15) is 11.5 Å². The lowest BCUT2D eigenvalue weighted by Crippen LogP contribution is -2.34. The summed E-state index contributed by atoms with van der Waals surface area (Å²) in [4.78, 5) is 11.1. The summed E-state index contributed by atoms with van der Waals surface area (Å²) in [7, 11) is 1.57. The van der Waals surface area contributed by atoms with E-state index < -0.39 is 6.43 Å². The van der Waals surface area contributed by atoms with Crippen LogP contribution in [0.4, 0.5) is 14.6 Å². The molecular formula is C19H21F2N5O. The maximum Gasteiger partial charge on any atom is 0.282 e. The van der Waals surface area contributed by atoms with Gasteiger partial charge in [-0.05, 0) is 37.0 Å². The number of halogens is 2. The molecule has 0 radical (unpaired) electrons. The normalized spacial score (nSPS) is 17.7. The van der Waals surface area contributed by atoms with Gasteiger partial charge in [-0.25, -0.2) is 18.3 Å². The second-order valence-corrected chi connectivity index (χ2v) is 6.92. The lowest BCUT2D eigenvalue weighted by Gasteiger charge is -2.32. The van der Waals surface area contributed by atoms with E-state index in [4.69, 9.17) is 4.74 Å². The molecule has 6 nitrogen and oxygen atoms in total. The Bertz CT molecular complexity index is 958. The molecule has 0 saturated carbocycles. The minimum absolute atomic E-state index is 0.284. The molecule has 0 bridgehead atoms. The lowest BCUT2D eigenvalue weighted by atomic mass is 10.0. The zero-order valence-electron chi connectivity index (χ0n) is 15.3. The third-order valence-corrected chi connectivity index (χ3v) is 4.88. The Balaban J connectivity index is 1.80. The number of hydrogen-bond donors (Lipinski definition) is 0.